The van der Waals surface area contributed by atoms with Crippen LogP contribution in [0.3, 0.4) is 0 Å². The first-order valence-corrected chi connectivity index (χ1v) is 6.17. The summed E-state index contributed by atoms with van der Waals surface area (Å²) in [5.74, 6) is 0.0300. The zero-order chi connectivity index (χ0) is 10.3. The molecule has 1 saturated carbocycles. The molecule has 0 radical (unpaired) electrons. The van der Waals surface area contributed by atoms with E-state index < -0.39 is 15.5 Å². The summed E-state index contributed by atoms with van der Waals surface area (Å²) >= 11 is 0. The molecule has 4 heteroatoms. The molecule has 0 aromatic rings. The first-order valence-electron chi connectivity index (χ1n) is 4.72. The normalized spacial score (nSPS) is 28.5. The Balaban J connectivity index is 2.72. The van der Waals surface area contributed by atoms with Crippen LogP contribution in [-0.2, 0) is 10.2 Å². The second-order valence-corrected chi connectivity index (χ2v) is 6.16. The lowest BCUT2D eigenvalue weighted by molar-refractivity contribution is 0.470. The Bertz CT molecular complexity index is 282. The van der Waals surface area contributed by atoms with E-state index in [9.17, 15) is 12.3 Å². The first kappa shape index (κ1) is 11.0. The summed E-state index contributed by atoms with van der Waals surface area (Å²) in [4.78, 5) is 0. The van der Waals surface area contributed by atoms with E-state index >= 15 is 0 Å². The summed E-state index contributed by atoms with van der Waals surface area (Å²) in [6.07, 6.45) is 2.01. The van der Waals surface area contributed by atoms with Gasteiger partial charge in [0.1, 0.15) is 0 Å². The van der Waals surface area contributed by atoms with Gasteiger partial charge in [0.05, 0.1) is 5.25 Å². The van der Waals surface area contributed by atoms with Crippen molar-refractivity contribution in [3.8, 4) is 0 Å². The molecule has 1 aliphatic rings. The number of hydrogen-bond acceptors (Lipinski definition) is 2. The number of rotatable bonds is 4. The van der Waals surface area contributed by atoms with Crippen LogP contribution in [0.4, 0.5) is 3.89 Å². The standard InChI is InChI=1S/C9H17FO2S/c1-4-5-8(13(10,11)12)7-6-9(7,2)3/h7-8H,4-6H2,1-3H3. The van der Waals surface area contributed by atoms with Crippen LogP contribution in [0.25, 0.3) is 0 Å². The van der Waals surface area contributed by atoms with Gasteiger partial charge in [-0.15, -0.1) is 3.89 Å². The van der Waals surface area contributed by atoms with Crippen molar-refractivity contribution in [1.82, 2.24) is 0 Å². The molecule has 2 nitrogen and oxygen atoms in total. The summed E-state index contributed by atoms with van der Waals surface area (Å²) in [6, 6.07) is 0. The third kappa shape index (κ3) is 2.42. The maximum atomic E-state index is 12.8. The molecule has 2 unspecified atom stereocenters. The third-order valence-electron chi connectivity index (χ3n) is 2.97. The van der Waals surface area contributed by atoms with E-state index in [1.54, 1.807) is 0 Å². The van der Waals surface area contributed by atoms with Crippen LogP contribution in [0.5, 0.6) is 0 Å². The number of halogens is 1. The maximum absolute atomic E-state index is 12.8. The second-order valence-electron chi connectivity index (χ2n) is 4.60. The topological polar surface area (TPSA) is 34.1 Å². The molecule has 0 N–H and O–H groups in total. The highest BCUT2D eigenvalue weighted by Gasteiger charge is 2.53. The summed E-state index contributed by atoms with van der Waals surface area (Å²) in [7, 11) is -4.33. The van der Waals surface area contributed by atoms with E-state index in [0.717, 1.165) is 12.8 Å². The molecule has 0 saturated heterocycles. The van der Waals surface area contributed by atoms with Crippen molar-refractivity contribution in [2.45, 2.75) is 45.3 Å². The highest BCUT2D eigenvalue weighted by Crippen LogP contribution is 2.56. The Hall–Kier alpha value is -0.120. The molecular weight excluding hydrogens is 191 g/mol. The molecule has 78 valence electrons. The lowest BCUT2D eigenvalue weighted by Crippen LogP contribution is -2.21. The Labute approximate surface area is 79.7 Å². The minimum absolute atomic E-state index is 0.0268. The minimum Gasteiger partial charge on any atom is -0.195 e. The van der Waals surface area contributed by atoms with Crippen LogP contribution in [0, 0.1) is 11.3 Å². The van der Waals surface area contributed by atoms with Crippen LogP contribution in [0.2, 0.25) is 0 Å². The third-order valence-corrected chi connectivity index (χ3v) is 4.26. The van der Waals surface area contributed by atoms with Crippen molar-refractivity contribution in [3.63, 3.8) is 0 Å². The Morgan fingerprint density at radius 3 is 2.23 bits per heavy atom. The second kappa shape index (κ2) is 3.23. The van der Waals surface area contributed by atoms with Crippen molar-refractivity contribution in [1.29, 1.82) is 0 Å². The van der Waals surface area contributed by atoms with E-state index in [0.29, 0.717) is 6.42 Å². The van der Waals surface area contributed by atoms with Gasteiger partial charge in [0.15, 0.2) is 0 Å². The molecule has 0 aromatic heterocycles. The lowest BCUT2D eigenvalue weighted by atomic mass is 10.1. The van der Waals surface area contributed by atoms with E-state index in [-0.39, 0.29) is 11.3 Å². The van der Waals surface area contributed by atoms with Crippen molar-refractivity contribution in [3.05, 3.63) is 0 Å². The molecule has 0 spiro atoms. The van der Waals surface area contributed by atoms with Crippen molar-refractivity contribution >= 4 is 10.2 Å². The van der Waals surface area contributed by atoms with Gasteiger partial charge in [-0.25, -0.2) is 0 Å². The fraction of sp³-hybridized carbons (Fsp3) is 1.00. The molecule has 0 aromatic carbocycles. The summed E-state index contributed by atoms with van der Waals surface area (Å²) < 4.78 is 34.5. The molecule has 2 atom stereocenters. The Morgan fingerprint density at radius 2 is 2.00 bits per heavy atom. The molecular formula is C9H17FO2S. The highest BCUT2D eigenvalue weighted by molar-refractivity contribution is 7.87. The fourth-order valence-electron chi connectivity index (χ4n) is 1.97. The monoisotopic (exact) mass is 208 g/mol. The van der Waals surface area contributed by atoms with Crippen LogP contribution >= 0.6 is 0 Å². The predicted octanol–water partition coefficient (Wildman–Crippen LogP) is 2.50. The molecule has 1 aliphatic carbocycles. The summed E-state index contributed by atoms with van der Waals surface area (Å²) in [6.45, 7) is 5.87. The van der Waals surface area contributed by atoms with Crippen LogP contribution < -0.4 is 0 Å². The van der Waals surface area contributed by atoms with Gasteiger partial charge in [-0.1, -0.05) is 27.2 Å². The summed E-state index contributed by atoms with van der Waals surface area (Å²) in [5.41, 5.74) is 0.0268. The molecule has 13 heavy (non-hydrogen) atoms. The molecule has 1 rings (SSSR count). The zero-order valence-corrected chi connectivity index (χ0v) is 9.20. The zero-order valence-electron chi connectivity index (χ0n) is 8.38. The lowest BCUT2D eigenvalue weighted by Gasteiger charge is -2.12. The van der Waals surface area contributed by atoms with E-state index in [1.165, 1.54) is 0 Å². The quantitative estimate of drug-likeness (QED) is 0.665. The molecule has 1 fully saturated rings. The van der Waals surface area contributed by atoms with Crippen LogP contribution in [0.1, 0.15) is 40.0 Å². The van der Waals surface area contributed by atoms with Crippen LogP contribution in [-0.4, -0.2) is 13.7 Å². The molecule has 0 amide bonds. The van der Waals surface area contributed by atoms with E-state index in [1.807, 2.05) is 20.8 Å². The van der Waals surface area contributed by atoms with Gasteiger partial charge in [-0.05, 0) is 24.2 Å². The highest BCUT2D eigenvalue weighted by atomic mass is 32.3. The van der Waals surface area contributed by atoms with Gasteiger partial charge in [0, 0.05) is 0 Å². The Morgan fingerprint density at radius 1 is 1.54 bits per heavy atom. The van der Waals surface area contributed by atoms with Crippen molar-refractivity contribution < 1.29 is 12.3 Å². The average Bonchev–Trinajstić information content (AvgIpc) is 2.52. The van der Waals surface area contributed by atoms with E-state index in [2.05, 4.69) is 0 Å². The Kier molecular flexibility index (Phi) is 2.72. The summed E-state index contributed by atoms with van der Waals surface area (Å²) in [5, 5.41) is -0.757. The predicted molar refractivity (Wildman–Crippen MR) is 50.6 cm³/mol. The molecule has 0 heterocycles. The largest absolute Gasteiger partial charge is 0.305 e. The van der Waals surface area contributed by atoms with Gasteiger partial charge in [0.25, 0.3) is 0 Å². The average molecular weight is 208 g/mol. The van der Waals surface area contributed by atoms with Crippen LogP contribution in [0.15, 0.2) is 0 Å². The first-order chi connectivity index (χ1) is 5.79. The number of hydrogen-bond donors (Lipinski definition) is 0. The molecule has 0 aliphatic heterocycles. The fourth-order valence-corrected chi connectivity index (χ4v) is 3.34. The SMILES string of the molecule is CCCC(C1CC1(C)C)S(=O)(=O)F. The maximum Gasteiger partial charge on any atom is 0.305 e. The van der Waals surface area contributed by atoms with Gasteiger partial charge in [-0.2, -0.15) is 8.42 Å². The van der Waals surface area contributed by atoms with Gasteiger partial charge < -0.3 is 0 Å². The van der Waals surface area contributed by atoms with Gasteiger partial charge in [0.2, 0.25) is 0 Å². The van der Waals surface area contributed by atoms with Crippen molar-refractivity contribution in [2.24, 2.45) is 11.3 Å². The van der Waals surface area contributed by atoms with Gasteiger partial charge >= 0.3 is 10.2 Å². The van der Waals surface area contributed by atoms with Crippen molar-refractivity contribution in [2.75, 3.05) is 0 Å². The van der Waals surface area contributed by atoms with E-state index in [4.69, 9.17) is 0 Å². The minimum atomic E-state index is -4.33. The molecule has 0 bridgehead atoms. The van der Waals surface area contributed by atoms with Gasteiger partial charge in [-0.3, -0.25) is 0 Å². The smallest absolute Gasteiger partial charge is 0.195 e.